The van der Waals surface area contributed by atoms with Gasteiger partial charge in [-0.25, -0.2) is 0 Å². The van der Waals surface area contributed by atoms with E-state index in [1.807, 2.05) is 6.92 Å². The highest BCUT2D eigenvalue weighted by Crippen LogP contribution is 1.80. The van der Waals surface area contributed by atoms with Crippen LogP contribution in [0.3, 0.4) is 0 Å². The van der Waals surface area contributed by atoms with Gasteiger partial charge in [-0.1, -0.05) is 12.2 Å². The summed E-state index contributed by atoms with van der Waals surface area (Å²) in [4.78, 5) is 10.7. The summed E-state index contributed by atoms with van der Waals surface area (Å²) in [5, 5.41) is 5.43. The Hall–Kier alpha value is -0.830. The first-order valence-corrected chi connectivity index (χ1v) is 3.22. The van der Waals surface area contributed by atoms with E-state index in [0.717, 1.165) is 5.57 Å². The van der Waals surface area contributed by atoms with Crippen LogP contribution >= 0.6 is 0 Å². The molecule has 0 radical (unpaired) electrons. The van der Waals surface area contributed by atoms with Crippen molar-refractivity contribution in [3.63, 3.8) is 0 Å². The molecular weight excluding hydrogens is 128 g/mol. The number of carbonyl (C=O) groups excluding carboxylic acids is 1. The summed E-state index contributed by atoms with van der Waals surface area (Å²) in [6, 6.07) is 0. The molecule has 1 amide bonds. The van der Waals surface area contributed by atoms with Crippen molar-refractivity contribution in [3.05, 3.63) is 12.2 Å². The molecule has 3 heteroatoms. The van der Waals surface area contributed by atoms with Crippen molar-refractivity contribution in [1.29, 1.82) is 0 Å². The number of nitrogens with one attached hydrogen (secondary N) is 2. The molecule has 0 rings (SSSR count). The maximum Gasteiger partial charge on any atom is 0.234 e. The second-order valence-corrected chi connectivity index (χ2v) is 2.26. The lowest BCUT2D eigenvalue weighted by Gasteiger charge is -2.02. The van der Waals surface area contributed by atoms with Crippen molar-refractivity contribution in [3.8, 4) is 0 Å². The van der Waals surface area contributed by atoms with E-state index < -0.39 is 0 Å². The highest BCUT2D eigenvalue weighted by Gasteiger charge is 1.95. The zero-order chi connectivity index (χ0) is 7.98. The van der Waals surface area contributed by atoms with E-state index in [9.17, 15) is 4.79 Å². The SMILES string of the molecule is C=C(C)CNC(=O)CNC. The van der Waals surface area contributed by atoms with Crippen molar-refractivity contribution >= 4 is 5.91 Å². The molecule has 0 heterocycles. The molecule has 2 N–H and O–H groups in total. The van der Waals surface area contributed by atoms with E-state index in [1.165, 1.54) is 0 Å². The summed E-state index contributed by atoms with van der Waals surface area (Å²) in [5.41, 5.74) is 0.962. The molecule has 0 atom stereocenters. The molecule has 0 aromatic rings. The molecule has 0 aromatic carbocycles. The zero-order valence-electron chi connectivity index (χ0n) is 6.53. The Kier molecular flexibility index (Phi) is 4.58. The number of hydrogen-bond donors (Lipinski definition) is 2. The van der Waals surface area contributed by atoms with Crippen LogP contribution in [0.15, 0.2) is 12.2 Å². The van der Waals surface area contributed by atoms with Gasteiger partial charge in [0.05, 0.1) is 6.54 Å². The van der Waals surface area contributed by atoms with E-state index in [2.05, 4.69) is 17.2 Å². The Labute approximate surface area is 61.5 Å². The molecule has 0 saturated carbocycles. The highest BCUT2D eigenvalue weighted by atomic mass is 16.1. The molecule has 0 aliphatic rings. The highest BCUT2D eigenvalue weighted by molar-refractivity contribution is 5.78. The van der Waals surface area contributed by atoms with E-state index >= 15 is 0 Å². The molecule has 0 aromatic heterocycles. The summed E-state index contributed by atoms with van der Waals surface area (Å²) < 4.78 is 0. The summed E-state index contributed by atoms with van der Waals surface area (Å²) in [5.74, 6) is 0.00509. The van der Waals surface area contributed by atoms with Gasteiger partial charge in [0.25, 0.3) is 0 Å². The van der Waals surface area contributed by atoms with Gasteiger partial charge in [-0.15, -0.1) is 0 Å². The van der Waals surface area contributed by atoms with Gasteiger partial charge >= 0.3 is 0 Å². The molecule has 0 unspecified atom stereocenters. The van der Waals surface area contributed by atoms with Gasteiger partial charge in [0.15, 0.2) is 0 Å². The minimum atomic E-state index is 0.00509. The predicted molar refractivity (Wildman–Crippen MR) is 41.8 cm³/mol. The fourth-order valence-corrected chi connectivity index (χ4v) is 0.473. The van der Waals surface area contributed by atoms with Crippen molar-refractivity contribution < 1.29 is 4.79 Å². The molecule has 0 bridgehead atoms. The van der Waals surface area contributed by atoms with Gasteiger partial charge in [-0.2, -0.15) is 0 Å². The summed E-state index contributed by atoms with van der Waals surface area (Å²) in [6.07, 6.45) is 0. The standard InChI is InChI=1S/C7H14N2O/c1-6(2)4-9-7(10)5-8-3/h8H,1,4-5H2,2-3H3,(H,9,10). The van der Waals surface area contributed by atoms with E-state index in [-0.39, 0.29) is 5.91 Å². The molecule has 0 aliphatic carbocycles. The quantitative estimate of drug-likeness (QED) is 0.538. The minimum Gasteiger partial charge on any atom is -0.351 e. The largest absolute Gasteiger partial charge is 0.351 e. The van der Waals surface area contributed by atoms with Gasteiger partial charge in [0.2, 0.25) is 5.91 Å². The van der Waals surface area contributed by atoms with Gasteiger partial charge in [-0.3, -0.25) is 4.79 Å². The number of hydrogen-bond acceptors (Lipinski definition) is 2. The topological polar surface area (TPSA) is 41.1 Å². The summed E-state index contributed by atoms with van der Waals surface area (Å²) >= 11 is 0. The molecule has 10 heavy (non-hydrogen) atoms. The maximum atomic E-state index is 10.7. The number of likely N-dealkylation sites (N-methyl/N-ethyl adjacent to an activating group) is 1. The number of amides is 1. The maximum absolute atomic E-state index is 10.7. The van der Waals surface area contributed by atoms with Crippen LogP contribution in [0, 0.1) is 0 Å². The summed E-state index contributed by atoms with van der Waals surface area (Å²) in [7, 11) is 1.74. The third kappa shape index (κ3) is 5.31. The van der Waals surface area contributed by atoms with Gasteiger partial charge < -0.3 is 10.6 Å². The van der Waals surface area contributed by atoms with Crippen LogP contribution < -0.4 is 10.6 Å². The second-order valence-electron chi connectivity index (χ2n) is 2.26. The molecule has 3 nitrogen and oxygen atoms in total. The first kappa shape index (κ1) is 9.17. The molecule has 0 fully saturated rings. The van der Waals surface area contributed by atoms with Crippen LogP contribution in [0.5, 0.6) is 0 Å². The van der Waals surface area contributed by atoms with Crippen LogP contribution in [0.25, 0.3) is 0 Å². The minimum absolute atomic E-state index is 0.00509. The van der Waals surface area contributed by atoms with Crippen LogP contribution in [-0.4, -0.2) is 26.0 Å². The molecule has 0 saturated heterocycles. The first-order chi connectivity index (χ1) is 4.66. The number of carbonyl (C=O) groups is 1. The first-order valence-electron chi connectivity index (χ1n) is 3.22. The normalized spacial score (nSPS) is 9.00. The van der Waals surface area contributed by atoms with Gasteiger partial charge in [0, 0.05) is 6.54 Å². The lowest BCUT2D eigenvalue weighted by molar-refractivity contribution is -0.119. The Morgan fingerprint density at radius 3 is 2.50 bits per heavy atom. The number of rotatable bonds is 4. The van der Waals surface area contributed by atoms with Crippen molar-refractivity contribution in [1.82, 2.24) is 10.6 Å². The third-order valence-corrected chi connectivity index (χ3v) is 0.925. The zero-order valence-corrected chi connectivity index (χ0v) is 6.53. The lowest BCUT2D eigenvalue weighted by Crippen LogP contribution is -2.32. The Morgan fingerprint density at radius 2 is 2.10 bits per heavy atom. The van der Waals surface area contributed by atoms with Crippen molar-refractivity contribution in [2.45, 2.75) is 6.92 Å². The fraction of sp³-hybridized carbons (Fsp3) is 0.571. The Morgan fingerprint density at radius 1 is 1.50 bits per heavy atom. The van der Waals surface area contributed by atoms with Crippen LogP contribution in [0.2, 0.25) is 0 Å². The average molecular weight is 142 g/mol. The van der Waals surface area contributed by atoms with Crippen LogP contribution in [-0.2, 0) is 4.79 Å². The lowest BCUT2D eigenvalue weighted by atomic mass is 10.3. The monoisotopic (exact) mass is 142 g/mol. The Balaban J connectivity index is 3.30. The Bertz CT molecular complexity index is 132. The van der Waals surface area contributed by atoms with Crippen molar-refractivity contribution in [2.75, 3.05) is 20.1 Å². The predicted octanol–water partition coefficient (Wildman–Crippen LogP) is -0.102. The van der Waals surface area contributed by atoms with E-state index in [1.54, 1.807) is 7.05 Å². The third-order valence-electron chi connectivity index (χ3n) is 0.925. The molecule has 58 valence electrons. The fourth-order valence-electron chi connectivity index (χ4n) is 0.473. The van der Waals surface area contributed by atoms with Crippen molar-refractivity contribution in [2.24, 2.45) is 0 Å². The molecular formula is C7H14N2O. The average Bonchev–Trinajstić information content (AvgIpc) is 1.85. The van der Waals surface area contributed by atoms with Crippen LogP contribution in [0.1, 0.15) is 6.92 Å². The van der Waals surface area contributed by atoms with E-state index in [4.69, 9.17) is 0 Å². The second kappa shape index (κ2) is 4.99. The summed E-state index contributed by atoms with van der Waals surface area (Å²) in [6.45, 7) is 6.47. The smallest absolute Gasteiger partial charge is 0.234 e. The molecule has 0 spiro atoms. The van der Waals surface area contributed by atoms with E-state index in [0.29, 0.717) is 13.1 Å². The van der Waals surface area contributed by atoms with Gasteiger partial charge in [0.1, 0.15) is 0 Å². The van der Waals surface area contributed by atoms with Crippen LogP contribution in [0.4, 0.5) is 0 Å². The van der Waals surface area contributed by atoms with Gasteiger partial charge in [-0.05, 0) is 14.0 Å². The molecule has 0 aliphatic heterocycles.